The Morgan fingerprint density at radius 3 is 1.40 bits per heavy atom. The monoisotopic (exact) mass is 805 g/mol. The van der Waals surface area contributed by atoms with Gasteiger partial charge in [0.15, 0.2) is 17.5 Å². The van der Waals surface area contributed by atoms with Crippen LogP contribution in [0.5, 0.6) is 0 Å². The first-order valence-electron chi connectivity index (χ1n) is 21.4. The quantitative estimate of drug-likeness (QED) is 0.154. The number of aromatic nitrogens is 5. The van der Waals surface area contributed by atoms with E-state index in [0.29, 0.717) is 17.5 Å². The first kappa shape index (κ1) is 36.4. The molecule has 0 aliphatic rings. The second-order valence-electron chi connectivity index (χ2n) is 16.1. The van der Waals surface area contributed by atoms with Crippen LogP contribution in [0.25, 0.3) is 100 Å². The van der Waals surface area contributed by atoms with Gasteiger partial charge in [0, 0.05) is 49.6 Å². The summed E-state index contributed by atoms with van der Waals surface area (Å²) >= 11 is 0. The Kier molecular flexibility index (Phi) is 8.82. The minimum atomic E-state index is 0.613. The van der Waals surface area contributed by atoms with Crippen molar-refractivity contribution in [3.05, 3.63) is 236 Å². The van der Waals surface area contributed by atoms with Crippen molar-refractivity contribution in [3.63, 3.8) is 0 Å². The summed E-state index contributed by atoms with van der Waals surface area (Å²) in [5, 5.41) is 4.69. The molecule has 9 aromatic carbocycles. The van der Waals surface area contributed by atoms with Gasteiger partial charge in [-0.15, -0.1) is 0 Å². The van der Waals surface area contributed by atoms with Crippen molar-refractivity contribution < 1.29 is 0 Å². The lowest BCUT2D eigenvalue weighted by Gasteiger charge is -2.13. The van der Waals surface area contributed by atoms with E-state index < -0.39 is 0 Å². The van der Waals surface area contributed by atoms with Crippen LogP contribution in [0.4, 0.5) is 0 Å². The molecule has 0 saturated heterocycles. The average molecular weight is 806 g/mol. The smallest absolute Gasteiger partial charge is 0.164 e. The molecule has 0 aliphatic heterocycles. The Morgan fingerprint density at radius 2 is 0.730 bits per heavy atom. The first-order chi connectivity index (χ1) is 31.2. The molecule has 0 unspecified atom stereocenters. The van der Waals surface area contributed by atoms with Gasteiger partial charge in [-0.1, -0.05) is 164 Å². The highest BCUT2D eigenvalue weighted by Gasteiger charge is 2.20. The first-order valence-corrected chi connectivity index (χ1v) is 21.4. The van der Waals surface area contributed by atoms with Crippen molar-refractivity contribution in [1.29, 1.82) is 0 Å². The zero-order valence-corrected chi connectivity index (χ0v) is 34.3. The van der Waals surface area contributed by atoms with Gasteiger partial charge in [0.2, 0.25) is 0 Å². The molecule has 0 radical (unpaired) electrons. The molecule has 63 heavy (non-hydrogen) atoms. The van der Waals surface area contributed by atoms with Gasteiger partial charge in [0.05, 0.1) is 22.1 Å². The highest BCUT2D eigenvalue weighted by molar-refractivity contribution is 6.11. The summed E-state index contributed by atoms with van der Waals surface area (Å²) in [6.07, 6.45) is 0.880. The fraction of sp³-hybridized carbons (Fsp3) is 0.0172. The fourth-order valence-electron chi connectivity index (χ4n) is 9.25. The molecule has 0 aliphatic carbocycles. The molecule has 5 heteroatoms. The van der Waals surface area contributed by atoms with Crippen molar-refractivity contribution >= 4 is 43.6 Å². The van der Waals surface area contributed by atoms with Gasteiger partial charge in [-0.2, -0.15) is 0 Å². The van der Waals surface area contributed by atoms with Crippen LogP contribution in [-0.4, -0.2) is 24.1 Å². The number of para-hydroxylation sites is 4. The maximum Gasteiger partial charge on any atom is 0.164 e. The van der Waals surface area contributed by atoms with E-state index in [-0.39, 0.29) is 0 Å². The number of benzene rings is 9. The van der Waals surface area contributed by atoms with Gasteiger partial charge >= 0.3 is 0 Å². The zero-order chi connectivity index (χ0) is 41.7. The van der Waals surface area contributed by atoms with E-state index in [4.69, 9.17) is 15.0 Å². The molecular formula is C58H39N5. The number of rotatable bonds is 8. The van der Waals surface area contributed by atoms with E-state index in [0.717, 1.165) is 73.1 Å². The Labute approximate surface area is 364 Å². The summed E-state index contributed by atoms with van der Waals surface area (Å²) in [4.78, 5) is 16.0. The van der Waals surface area contributed by atoms with E-state index in [1.165, 1.54) is 27.3 Å². The molecule has 3 heterocycles. The summed E-state index contributed by atoms with van der Waals surface area (Å²) < 4.78 is 4.67. The standard InChI is InChI=1S/C58H39N5/c1-4-16-39(17-5-1)36-40-28-30-41(31-29-40)46-22-10-11-25-50(46)58-60-56(42-33-35-54-51(37-42)48-24-13-15-27-53(48)62(54)44-18-6-2-7-19-44)59-57(61-58)43-32-34-49-47-23-12-14-26-52(47)63(55(49)38-43)45-20-8-3-9-21-45/h1-35,37-38H,36H2. The van der Waals surface area contributed by atoms with Gasteiger partial charge < -0.3 is 9.13 Å². The molecule has 3 aromatic heterocycles. The maximum atomic E-state index is 5.34. The summed E-state index contributed by atoms with van der Waals surface area (Å²) in [6.45, 7) is 0. The Bertz CT molecular complexity index is 3630. The minimum Gasteiger partial charge on any atom is -0.309 e. The van der Waals surface area contributed by atoms with Gasteiger partial charge in [-0.3, -0.25) is 0 Å². The van der Waals surface area contributed by atoms with Crippen molar-refractivity contribution in [1.82, 2.24) is 24.1 Å². The van der Waals surface area contributed by atoms with Crippen LogP contribution >= 0.6 is 0 Å². The van der Waals surface area contributed by atoms with Crippen LogP contribution < -0.4 is 0 Å². The summed E-state index contributed by atoms with van der Waals surface area (Å²) in [5.41, 5.74) is 14.2. The summed E-state index contributed by atoms with van der Waals surface area (Å²) in [5.74, 6) is 1.85. The molecule has 296 valence electrons. The highest BCUT2D eigenvalue weighted by Crippen LogP contribution is 2.38. The predicted molar refractivity (Wildman–Crippen MR) is 259 cm³/mol. The van der Waals surface area contributed by atoms with Crippen molar-refractivity contribution in [2.24, 2.45) is 0 Å². The van der Waals surface area contributed by atoms with Crippen molar-refractivity contribution in [3.8, 4) is 56.7 Å². The molecule has 0 bridgehead atoms. The molecular weight excluding hydrogens is 767 g/mol. The van der Waals surface area contributed by atoms with Crippen molar-refractivity contribution in [2.75, 3.05) is 0 Å². The normalized spacial score (nSPS) is 11.6. The zero-order valence-electron chi connectivity index (χ0n) is 34.3. The highest BCUT2D eigenvalue weighted by atomic mass is 15.0. The molecule has 12 aromatic rings. The maximum absolute atomic E-state index is 5.34. The van der Waals surface area contributed by atoms with Crippen LogP contribution in [0.1, 0.15) is 11.1 Å². The molecule has 0 amide bonds. The molecule has 0 saturated carbocycles. The van der Waals surface area contributed by atoms with Crippen LogP contribution in [-0.2, 0) is 6.42 Å². The lowest BCUT2D eigenvalue weighted by molar-refractivity contribution is 1.07. The molecule has 0 N–H and O–H groups in total. The van der Waals surface area contributed by atoms with Crippen LogP contribution in [0.15, 0.2) is 224 Å². The SMILES string of the molecule is c1ccc(Cc2ccc(-c3ccccc3-c3nc(-c4ccc5c(c4)c4ccccc4n5-c4ccccc4)nc(-c4ccc5c6ccccc6n(-c6ccccc6)c5c4)n3)cc2)cc1. The van der Waals surface area contributed by atoms with E-state index in [2.05, 4.69) is 234 Å². The van der Waals surface area contributed by atoms with E-state index in [9.17, 15) is 0 Å². The number of nitrogens with zero attached hydrogens (tertiary/aromatic N) is 5. The second kappa shape index (κ2) is 15.2. The Morgan fingerprint density at radius 1 is 0.286 bits per heavy atom. The lowest BCUT2D eigenvalue weighted by atomic mass is 9.96. The van der Waals surface area contributed by atoms with Gasteiger partial charge in [-0.25, -0.2) is 15.0 Å². The van der Waals surface area contributed by atoms with Crippen LogP contribution in [0, 0.1) is 0 Å². The predicted octanol–water partition coefficient (Wildman–Crippen LogP) is 14.3. The lowest BCUT2D eigenvalue weighted by Crippen LogP contribution is -2.01. The molecule has 0 fully saturated rings. The third-order valence-corrected chi connectivity index (χ3v) is 12.2. The number of hydrogen-bond acceptors (Lipinski definition) is 3. The third kappa shape index (κ3) is 6.46. The van der Waals surface area contributed by atoms with E-state index in [1.54, 1.807) is 0 Å². The molecule has 0 atom stereocenters. The van der Waals surface area contributed by atoms with Gasteiger partial charge in [-0.05, 0) is 89.3 Å². The third-order valence-electron chi connectivity index (χ3n) is 12.2. The topological polar surface area (TPSA) is 48.5 Å². The summed E-state index contributed by atoms with van der Waals surface area (Å²) in [6, 6.07) is 79.5. The average Bonchev–Trinajstić information content (AvgIpc) is 3.87. The number of fused-ring (bicyclic) bond motifs is 6. The Hall–Kier alpha value is -8.41. The largest absolute Gasteiger partial charge is 0.309 e. The summed E-state index contributed by atoms with van der Waals surface area (Å²) in [7, 11) is 0. The molecule has 0 spiro atoms. The van der Waals surface area contributed by atoms with E-state index in [1.807, 2.05) is 0 Å². The van der Waals surface area contributed by atoms with E-state index >= 15 is 0 Å². The van der Waals surface area contributed by atoms with Gasteiger partial charge in [0.1, 0.15) is 0 Å². The van der Waals surface area contributed by atoms with Crippen LogP contribution in [0.3, 0.4) is 0 Å². The van der Waals surface area contributed by atoms with Gasteiger partial charge in [0.25, 0.3) is 0 Å². The second-order valence-corrected chi connectivity index (χ2v) is 16.1. The van der Waals surface area contributed by atoms with Crippen molar-refractivity contribution in [2.45, 2.75) is 6.42 Å². The van der Waals surface area contributed by atoms with Crippen LogP contribution in [0.2, 0.25) is 0 Å². The fourth-order valence-corrected chi connectivity index (χ4v) is 9.25. The minimum absolute atomic E-state index is 0.613. The molecule has 5 nitrogen and oxygen atoms in total. The Balaban J connectivity index is 1.05. The molecule has 12 rings (SSSR count). The number of hydrogen-bond donors (Lipinski definition) is 0.